The van der Waals surface area contributed by atoms with Gasteiger partial charge < -0.3 is 4.74 Å². The van der Waals surface area contributed by atoms with Crippen molar-refractivity contribution in [2.45, 2.75) is 87.2 Å². The van der Waals surface area contributed by atoms with Crippen molar-refractivity contribution in [3.8, 4) is 0 Å². The van der Waals surface area contributed by atoms with Crippen LogP contribution in [0.15, 0.2) is 0 Å². The van der Waals surface area contributed by atoms with E-state index in [9.17, 15) is 4.79 Å². The summed E-state index contributed by atoms with van der Waals surface area (Å²) in [4.78, 5) is 15.0. The number of nitrogens with zero attached hydrogens (tertiary/aromatic N) is 1. The molecule has 0 saturated heterocycles. The molecule has 0 rings (SSSR count). The van der Waals surface area contributed by atoms with E-state index in [4.69, 9.17) is 4.74 Å². The van der Waals surface area contributed by atoms with Crippen LogP contribution in [0.4, 0.5) is 0 Å². The molecule has 0 aliphatic carbocycles. The molecule has 0 aliphatic rings. The highest BCUT2D eigenvalue weighted by molar-refractivity contribution is 5.76. The van der Waals surface area contributed by atoms with Crippen LogP contribution in [0.1, 0.15) is 75.2 Å². The van der Waals surface area contributed by atoms with Crippen LogP contribution in [0.2, 0.25) is 0 Å². The highest BCUT2D eigenvalue weighted by Gasteiger charge is 2.39. The molecule has 0 aliphatic heterocycles. The number of esters is 1. The van der Waals surface area contributed by atoms with Gasteiger partial charge in [0.05, 0.1) is 5.41 Å². The molecule has 3 nitrogen and oxygen atoms in total. The van der Waals surface area contributed by atoms with Crippen molar-refractivity contribution in [1.29, 1.82) is 0 Å². The van der Waals surface area contributed by atoms with Crippen molar-refractivity contribution < 1.29 is 9.53 Å². The van der Waals surface area contributed by atoms with Crippen LogP contribution in [0, 0.1) is 17.3 Å². The third-order valence-electron chi connectivity index (χ3n) is 4.91. The molecule has 0 aromatic rings. The summed E-state index contributed by atoms with van der Waals surface area (Å²) >= 11 is 0. The maximum Gasteiger partial charge on any atom is 0.312 e. The zero-order chi connectivity index (χ0) is 17.5. The zero-order valence-electron chi connectivity index (χ0n) is 16.4. The van der Waals surface area contributed by atoms with Crippen LogP contribution in [0.3, 0.4) is 0 Å². The van der Waals surface area contributed by atoms with Gasteiger partial charge in [0, 0.05) is 18.6 Å². The van der Waals surface area contributed by atoms with E-state index in [0.29, 0.717) is 30.5 Å². The fourth-order valence-electron chi connectivity index (χ4n) is 3.31. The SMILES string of the molecule is CCC(C)C(C)(CC(C)C)C(=O)OCCN(C(C)C)C(C)C. The lowest BCUT2D eigenvalue weighted by molar-refractivity contribution is -0.160. The second-order valence-electron chi connectivity index (χ2n) is 7.89. The average Bonchev–Trinajstić information content (AvgIpc) is 2.40. The van der Waals surface area contributed by atoms with Crippen LogP contribution in [-0.2, 0) is 9.53 Å². The molecule has 0 aromatic heterocycles. The molecule has 0 radical (unpaired) electrons. The average molecular weight is 314 g/mol. The van der Waals surface area contributed by atoms with Gasteiger partial charge >= 0.3 is 5.97 Å². The molecule has 2 atom stereocenters. The normalized spacial score (nSPS) is 16.4. The fourth-order valence-corrected chi connectivity index (χ4v) is 3.31. The van der Waals surface area contributed by atoms with Crippen molar-refractivity contribution in [1.82, 2.24) is 4.90 Å². The van der Waals surface area contributed by atoms with Gasteiger partial charge in [0.15, 0.2) is 0 Å². The Morgan fingerprint density at radius 1 is 1.05 bits per heavy atom. The molecule has 0 aromatic carbocycles. The first-order valence-corrected chi connectivity index (χ1v) is 8.99. The first-order valence-electron chi connectivity index (χ1n) is 8.99. The summed E-state index contributed by atoms with van der Waals surface area (Å²) in [5, 5.41) is 0. The molecular formula is C19H39NO2. The van der Waals surface area contributed by atoms with Crippen molar-refractivity contribution in [3.63, 3.8) is 0 Å². The van der Waals surface area contributed by atoms with Gasteiger partial charge in [-0.1, -0.05) is 34.1 Å². The van der Waals surface area contributed by atoms with Gasteiger partial charge in [-0.2, -0.15) is 0 Å². The largest absolute Gasteiger partial charge is 0.464 e. The predicted molar refractivity (Wildman–Crippen MR) is 95.0 cm³/mol. The van der Waals surface area contributed by atoms with Crippen LogP contribution < -0.4 is 0 Å². The Labute approximate surface area is 138 Å². The second kappa shape index (κ2) is 9.54. The summed E-state index contributed by atoms with van der Waals surface area (Å²) in [5.41, 5.74) is -0.372. The molecule has 3 heteroatoms. The van der Waals surface area contributed by atoms with Crippen LogP contribution in [-0.4, -0.2) is 36.1 Å². The molecule has 22 heavy (non-hydrogen) atoms. The Balaban J connectivity index is 4.71. The van der Waals surface area contributed by atoms with E-state index in [-0.39, 0.29) is 11.4 Å². The molecule has 0 spiro atoms. The first-order chi connectivity index (χ1) is 10.1. The molecule has 0 amide bonds. The molecule has 0 heterocycles. The molecule has 2 unspecified atom stereocenters. The summed E-state index contributed by atoms with van der Waals surface area (Å²) in [6.45, 7) is 20.8. The maximum atomic E-state index is 12.7. The molecule has 0 bridgehead atoms. The van der Waals surface area contributed by atoms with Crippen LogP contribution in [0.25, 0.3) is 0 Å². The number of ether oxygens (including phenoxy) is 1. The highest BCUT2D eigenvalue weighted by atomic mass is 16.5. The Morgan fingerprint density at radius 3 is 1.91 bits per heavy atom. The van der Waals surface area contributed by atoms with Gasteiger partial charge in [0.1, 0.15) is 6.61 Å². The molecule has 0 saturated carbocycles. The summed E-state index contributed by atoms with van der Waals surface area (Å²) in [6.07, 6.45) is 1.89. The minimum absolute atomic E-state index is 0.0250. The minimum atomic E-state index is -0.372. The molecular weight excluding hydrogens is 274 g/mol. The van der Waals surface area contributed by atoms with Gasteiger partial charge in [-0.15, -0.1) is 0 Å². The monoisotopic (exact) mass is 313 g/mol. The van der Waals surface area contributed by atoms with Gasteiger partial charge in [0.25, 0.3) is 0 Å². The van der Waals surface area contributed by atoms with Crippen molar-refractivity contribution in [3.05, 3.63) is 0 Å². The minimum Gasteiger partial charge on any atom is -0.464 e. The van der Waals surface area contributed by atoms with Crippen molar-refractivity contribution in [2.75, 3.05) is 13.2 Å². The topological polar surface area (TPSA) is 29.5 Å². The number of carbonyl (C=O) groups is 1. The standard InChI is InChI=1S/C19H39NO2/c1-10-17(8)19(9,13-14(2)3)18(21)22-12-11-20(15(4)5)16(6)7/h14-17H,10-13H2,1-9H3. The van der Waals surface area contributed by atoms with Crippen LogP contribution >= 0.6 is 0 Å². The third-order valence-corrected chi connectivity index (χ3v) is 4.91. The molecule has 132 valence electrons. The van der Waals surface area contributed by atoms with E-state index >= 15 is 0 Å². The van der Waals surface area contributed by atoms with E-state index in [1.165, 1.54) is 0 Å². The summed E-state index contributed by atoms with van der Waals surface area (Å²) in [7, 11) is 0. The summed E-state index contributed by atoms with van der Waals surface area (Å²) < 4.78 is 5.68. The Kier molecular flexibility index (Phi) is 9.30. The van der Waals surface area contributed by atoms with E-state index in [1.54, 1.807) is 0 Å². The highest BCUT2D eigenvalue weighted by Crippen LogP contribution is 2.37. The Bertz CT molecular complexity index is 317. The maximum absolute atomic E-state index is 12.7. The van der Waals surface area contributed by atoms with Crippen molar-refractivity contribution in [2.24, 2.45) is 17.3 Å². The quantitative estimate of drug-likeness (QED) is 0.545. The number of carbonyl (C=O) groups excluding carboxylic acids is 1. The summed E-state index contributed by atoms with van der Waals surface area (Å²) in [6, 6.07) is 0.936. The molecule has 0 fully saturated rings. The Hall–Kier alpha value is -0.570. The lowest BCUT2D eigenvalue weighted by Gasteiger charge is -2.35. The van der Waals surface area contributed by atoms with E-state index in [1.807, 2.05) is 0 Å². The number of hydrogen-bond donors (Lipinski definition) is 0. The molecule has 0 N–H and O–H groups in total. The Morgan fingerprint density at radius 2 is 1.55 bits per heavy atom. The van der Waals surface area contributed by atoms with Crippen LogP contribution in [0.5, 0.6) is 0 Å². The van der Waals surface area contributed by atoms with E-state index < -0.39 is 0 Å². The fraction of sp³-hybridized carbons (Fsp3) is 0.947. The van der Waals surface area contributed by atoms with E-state index in [2.05, 4.69) is 67.2 Å². The number of hydrogen-bond acceptors (Lipinski definition) is 3. The third kappa shape index (κ3) is 6.28. The zero-order valence-corrected chi connectivity index (χ0v) is 16.4. The van der Waals surface area contributed by atoms with Gasteiger partial charge in [-0.05, 0) is 52.9 Å². The summed E-state index contributed by atoms with van der Waals surface area (Å²) in [5.74, 6) is 0.811. The second-order valence-corrected chi connectivity index (χ2v) is 7.89. The van der Waals surface area contributed by atoms with Gasteiger partial charge in [0.2, 0.25) is 0 Å². The lowest BCUT2D eigenvalue weighted by Crippen LogP contribution is -2.42. The lowest BCUT2D eigenvalue weighted by atomic mass is 9.71. The first kappa shape index (κ1) is 21.4. The van der Waals surface area contributed by atoms with Gasteiger partial charge in [-0.3, -0.25) is 9.69 Å². The number of rotatable bonds is 10. The predicted octanol–water partition coefficient (Wildman–Crippen LogP) is 4.75. The van der Waals surface area contributed by atoms with Crippen molar-refractivity contribution >= 4 is 5.97 Å². The van der Waals surface area contributed by atoms with Gasteiger partial charge in [-0.25, -0.2) is 0 Å². The smallest absolute Gasteiger partial charge is 0.312 e. The van der Waals surface area contributed by atoms with E-state index in [0.717, 1.165) is 19.4 Å².